The van der Waals surface area contributed by atoms with E-state index in [1.165, 1.54) is 18.2 Å². The molecule has 5 nitrogen and oxygen atoms in total. The summed E-state index contributed by atoms with van der Waals surface area (Å²) >= 11 is 0. The second kappa shape index (κ2) is 6.78. The molecule has 1 unspecified atom stereocenters. The Balaban J connectivity index is 1.78. The van der Waals surface area contributed by atoms with Crippen LogP contribution in [0.15, 0.2) is 30.5 Å². The summed E-state index contributed by atoms with van der Waals surface area (Å²) < 4.78 is 51.8. The Morgan fingerprint density at radius 3 is 2.77 bits per heavy atom. The van der Waals surface area contributed by atoms with Crippen molar-refractivity contribution >= 4 is 11.6 Å². The molecule has 1 aromatic carbocycles. The van der Waals surface area contributed by atoms with E-state index >= 15 is 0 Å². The fraction of sp³-hybridized carbons (Fsp3) is 0.353. The molecule has 1 aliphatic rings. The maximum absolute atomic E-state index is 13.3. The van der Waals surface area contributed by atoms with Crippen LogP contribution in [-0.2, 0) is 6.18 Å². The van der Waals surface area contributed by atoms with Crippen molar-refractivity contribution in [1.29, 1.82) is 5.26 Å². The number of aromatic nitrogens is 2. The zero-order chi connectivity index (χ0) is 18.9. The molecule has 1 atom stereocenters. The zero-order valence-electron chi connectivity index (χ0n) is 13.8. The number of benzene rings is 1. The van der Waals surface area contributed by atoms with E-state index in [2.05, 4.69) is 9.97 Å². The van der Waals surface area contributed by atoms with Crippen molar-refractivity contribution < 1.29 is 17.6 Å². The molecule has 0 N–H and O–H groups in total. The maximum atomic E-state index is 13.3. The summed E-state index contributed by atoms with van der Waals surface area (Å²) in [4.78, 5) is 11.0. The minimum Gasteiger partial charge on any atom is -0.368 e. The number of nitriles is 1. The van der Waals surface area contributed by atoms with Crippen molar-refractivity contribution in [1.82, 2.24) is 9.97 Å². The molecule has 0 radical (unpaired) electrons. The normalized spacial score (nSPS) is 17.2. The number of anilines is 2. The van der Waals surface area contributed by atoms with Crippen LogP contribution >= 0.6 is 0 Å². The first-order chi connectivity index (χ1) is 12.3. The van der Waals surface area contributed by atoms with E-state index in [-0.39, 0.29) is 17.6 Å². The molecule has 9 heteroatoms. The van der Waals surface area contributed by atoms with Crippen molar-refractivity contribution in [3.05, 3.63) is 47.5 Å². The highest BCUT2D eigenvalue weighted by molar-refractivity contribution is 5.60. The van der Waals surface area contributed by atoms with Crippen LogP contribution in [0, 0.1) is 17.1 Å². The second-order valence-corrected chi connectivity index (χ2v) is 6.01. The van der Waals surface area contributed by atoms with Crippen LogP contribution < -0.4 is 9.80 Å². The fourth-order valence-corrected chi connectivity index (χ4v) is 2.99. The van der Waals surface area contributed by atoms with Gasteiger partial charge in [-0.25, -0.2) is 14.4 Å². The Bertz CT molecular complexity index is 846. The van der Waals surface area contributed by atoms with Crippen LogP contribution in [0.1, 0.15) is 17.7 Å². The molecule has 2 heterocycles. The third kappa shape index (κ3) is 3.54. The highest BCUT2D eigenvalue weighted by atomic mass is 19.4. The Morgan fingerprint density at radius 1 is 1.31 bits per heavy atom. The van der Waals surface area contributed by atoms with Gasteiger partial charge in [-0.1, -0.05) is 0 Å². The topological polar surface area (TPSA) is 56.1 Å². The summed E-state index contributed by atoms with van der Waals surface area (Å²) in [6, 6.07) is 6.66. The molecule has 1 aliphatic heterocycles. The van der Waals surface area contributed by atoms with Crippen molar-refractivity contribution in [2.45, 2.75) is 18.6 Å². The Hall–Kier alpha value is -2.89. The summed E-state index contributed by atoms with van der Waals surface area (Å²) in [6.07, 6.45) is -2.80. The minimum absolute atomic E-state index is 0.00807. The number of rotatable bonds is 3. The standard InChI is InChI=1S/C17H15F4N5/c1-25(16-23-6-4-15(24-16)17(19,20)21)13-5-7-26(10-13)14-3-2-12(18)8-11(14)9-22/h2-4,6,8,13H,5,7,10H2,1H3. The van der Waals surface area contributed by atoms with Gasteiger partial charge in [0.25, 0.3) is 0 Å². The Labute approximate surface area is 147 Å². The average Bonchev–Trinajstić information content (AvgIpc) is 3.10. The van der Waals surface area contributed by atoms with Crippen molar-refractivity contribution in [3.8, 4) is 6.07 Å². The number of hydrogen-bond donors (Lipinski definition) is 0. The second-order valence-electron chi connectivity index (χ2n) is 6.01. The molecule has 136 valence electrons. The van der Waals surface area contributed by atoms with E-state index in [1.807, 2.05) is 11.0 Å². The van der Waals surface area contributed by atoms with Gasteiger partial charge in [-0.3, -0.25) is 0 Å². The SMILES string of the molecule is CN(c1nccc(C(F)(F)F)n1)C1CCN(c2ccc(F)cc2C#N)C1. The molecule has 0 saturated carbocycles. The van der Waals surface area contributed by atoms with Gasteiger partial charge >= 0.3 is 6.18 Å². The molecule has 0 amide bonds. The first-order valence-corrected chi connectivity index (χ1v) is 7.87. The van der Waals surface area contributed by atoms with E-state index < -0.39 is 17.7 Å². The molecule has 1 saturated heterocycles. The molecule has 1 fully saturated rings. The molecule has 0 aliphatic carbocycles. The molecule has 1 aromatic heterocycles. The van der Waals surface area contributed by atoms with E-state index in [0.29, 0.717) is 25.2 Å². The smallest absolute Gasteiger partial charge is 0.368 e. The number of alkyl halides is 3. The lowest BCUT2D eigenvalue weighted by molar-refractivity contribution is -0.141. The van der Waals surface area contributed by atoms with E-state index in [9.17, 15) is 22.8 Å². The Morgan fingerprint density at radius 2 is 2.08 bits per heavy atom. The predicted molar refractivity (Wildman–Crippen MR) is 87.2 cm³/mol. The largest absolute Gasteiger partial charge is 0.433 e. The zero-order valence-corrected chi connectivity index (χ0v) is 13.8. The van der Waals surface area contributed by atoms with E-state index in [1.54, 1.807) is 11.9 Å². The number of hydrogen-bond acceptors (Lipinski definition) is 5. The van der Waals surface area contributed by atoms with Crippen LogP contribution in [0.25, 0.3) is 0 Å². The van der Waals surface area contributed by atoms with Crippen molar-refractivity contribution in [2.24, 2.45) is 0 Å². The maximum Gasteiger partial charge on any atom is 0.433 e. The summed E-state index contributed by atoms with van der Waals surface area (Å²) in [6.45, 7) is 1.06. The molecule has 3 rings (SSSR count). The van der Waals surface area contributed by atoms with Gasteiger partial charge in [0.15, 0.2) is 0 Å². The van der Waals surface area contributed by atoms with Crippen LogP contribution in [0.3, 0.4) is 0 Å². The number of nitrogens with zero attached hydrogens (tertiary/aromatic N) is 5. The lowest BCUT2D eigenvalue weighted by Gasteiger charge is -2.26. The van der Waals surface area contributed by atoms with Crippen molar-refractivity contribution in [3.63, 3.8) is 0 Å². The minimum atomic E-state index is -4.53. The van der Waals surface area contributed by atoms with Crippen LogP contribution in [-0.4, -0.2) is 36.1 Å². The van der Waals surface area contributed by atoms with Gasteiger partial charge in [-0.15, -0.1) is 0 Å². The molecule has 0 spiro atoms. The summed E-state index contributed by atoms with van der Waals surface area (Å²) in [5.41, 5.74) is -0.159. The quantitative estimate of drug-likeness (QED) is 0.782. The van der Waals surface area contributed by atoms with Crippen LogP contribution in [0.4, 0.5) is 29.2 Å². The third-order valence-corrected chi connectivity index (χ3v) is 4.38. The fourth-order valence-electron chi connectivity index (χ4n) is 2.99. The van der Waals surface area contributed by atoms with Gasteiger partial charge in [-0.05, 0) is 30.7 Å². The summed E-state index contributed by atoms with van der Waals surface area (Å²) in [5, 5.41) is 9.18. The third-order valence-electron chi connectivity index (χ3n) is 4.38. The van der Waals surface area contributed by atoms with Gasteiger partial charge in [0.05, 0.1) is 17.3 Å². The average molecular weight is 365 g/mol. The van der Waals surface area contributed by atoms with Gasteiger partial charge in [-0.2, -0.15) is 18.4 Å². The molecule has 2 aromatic rings. The number of likely N-dealkylation sites (N-methyl/N-ethyl adjacent to an activating group) is 1. The lowest BCUT2D eigenvalue weighted by Crippen LogP contribution is -2.36. The van der Waals surface area contributed by atoms with Crippen molar-refractivity contribution in [2.75, 3.05) is 29.9 Å². The van der Waals surface area contributed by atoms with E-state index in [4.69, 9.17) is 0 Å². The van der Waals surface area contributed by atoms with Gasteiger partial charge in [0.1, 0.15) is 17.6 Å². The summed E-state index contributed by atoms with van der Waals surface area (Å²) in [7, 11) is 1.64. The van der Waals surface area contributed by atoms with Gasteiger partial charge < -0.3 is 9.80 Å². The van der Waals surface area contributed by atoms with Crippen LogP contribution in [0.5, 0.6) is 0 Å². The molecule has 0 bridgehead atoms. The first kappa shape index (κ1) is 17.9. The Kier molecular flexibility index (Phi) is 4.68. The van der Waals surface area contributed by atoms with Gasteiger partial charge in [0, 0.05) is 26.3 Å². The predicted octanol–water partition coefficient (Wildman–Crippen LogP) is 3.22. The van der Waals surface area contributed by atoms with E-state index in [0.717, 1.165) is 12.3 Å². The monoisotopic (exact) mass is 365 g/mol. The highest BCUT2D eigenvalue weighted by Gasteiger charge is 2.34. The molecular weight excluding hydrogens is 350 g/mol. The number of halogens is 4. The first-order valence-electron chi connectivity index (χ1n) is 7.87. The van der Waals surface area contributed by atoms with Gasteiger partial charge in [0.2, 0.25) is 5.95 Å². The van der Waals surface area contributed by atoms with Crippen LogP contribution in [0.2, 0.25) is 0 Å². The summed E-state index contributed by atoms with van der Waals surface area (Å²) in [5.74, 6) is -0.498. The lowest BCUT2D eigenvalue weighted by atomic mass is 10.1. The molecule has 26 heavy (non-hydrogen) atoms. The highest BCUT2D eigenvalue weighted by Crippen LogP contribution is 2.30. The molecular formula is C17H15F4N5.